The minimum atomic E-state index is -0.187. The number of hydrogen-bond acceptors (Lipinski definition) is 4. The van der Waals surface area contributed by atoms with Gasteiger partial charge in [-0.3, -0.25) is 0 Å². The quantitative estimate of drug-likeness (QED) is 0.676. The van der Waals surface area contributed by atoms with Crippen molar-refractivity contribution in [1.82, 2.24) is 0 Å². The highest BCUT2D eigenvalue weighted by molar-refractivity contribution is 5.86. The maximum Gasteiger partial charge on any atom is 0.130 e. The van der Waals surface area contributed by atoms with E-state index < -0.39 is 0 Å². The molecule has 4 nitrogen and oxygen atoms in total. The maximum atomic E-state index is 10.5. The van der Waals surface area contributed by atoms with Gasteiger partial charge in [0.25, 0.3) is 0 Å². The van der Waals surface area contributed by atoms with Gasteiger partial charge in [-0.05, 0) is 35.1 Å². The summed E-state index contributed by atoms with van der Waals surface area (Å²) in [6.07, 6.45) is 0. The first-order valence-corrected chi connectivity index (χ1v) is 7.35. The Morgan fingerprint density at radius 2 is 0.909 bits per heavy atom. The van der Waals surface area contributed by atoms with Crippen molar-refractivity contribution in [2.75, 3.05) is 0 Å². The second-order valence-electron chi connectivity index (χ2n) is 6.10. The molecule has 0 aliphatic heterocycles. The summed E-state index contributed by atoms with van der Waals surface area (Å²) in [6, 6.07) is 6.20. The van der Waals surface area contributed by atoms with Crippen LogP contribution in [0.15, 0.2) is 24.3 Å². The van der Waals surface area contributed by atoms with Crippen molar-refractivity contribution in [2.45, 2.75) is 39.5 Å². The molecular weight excluding hydrogens is 280 g/mol. The molecule has 4 N–H and O–H groups in total. The van der Waals surface area contributed by atoms with Crippen molar-refractivity contribution in [2.24, 2.45) is 0 Å². The Balaban J connectivity index is 2.82. The fourth-order valence-corrected chi connectivity index (χ4v) is 2.62. The summed E-state index contributed by atoms with van der Waals surface area (Å²) < 4.78 is 0. The van der Waals surface area contributed by atoms with Crippen LogP contribution in [-0.2, 0) is 0 Å². The second-order valence-corrected chi connectivity index (χ2v) is 6.10. The highest BCUT2D eigenvalue weighted by atomic mass is 16.3. The molecule has 2 rings (SSSR count). The number of aromatic hydroxyl groups is 4. The van der Waals surface area contributed by atoms with Crippen LogP contribution in [0.4, 0.5) is 0 Å². The van der Waals surface area contributed by atoms with E-state index in [1.54, 1.807) is 12.1 Å². The van der Waals surface area contributed by atoms with Gasteiger partial charge >= 0.3 is 0 Å². The zero-order valence-corrected chi connectivity index (χ0v) is 13.3. The molecular formula is C18H22O4. The Labute approximate surface area is 130 Å². The predicted molar refractivity (Wildman–Crippen MR) is 86.7 cm³/mol. The van der Waals surface area contributed by atoms with E-state index in [2.05, 4.69) is 0 Å². The summed E-state index contributed by atoms with van der Waals surface area (Å²) >= 11 is 0. The summed E-state index contributed by atoms with van der Waals surface area (Å²) in [7, 11) is 0. The van der Waals surface area contributed by atoms with Crippen LogP contribution in [0.2, 0.25) is 0 Å². The molecule has 22 heavy (non-hydrogen) atoms. The first-order chi connectivity index (χ1) is 10.3. The molecule has 2 aromatic rings. The first-order valence-electron chi connectivity index (χ1n) is 7.35. The van der Waals surface area contributed by atoms with Crippen LogP contribution < -0.4 is 0 Å². The molecule has 0 bridgehead atoms. The fourth-order valence-electron chi connectivity index (χ4n) is 2.62. The molecule has 0 fully saturated rings. The lowest BCUT2D eigenvalue weighted by atomic mass is 9.91. The molecule has 0 aliphatic rings. The third-order valence-corrected chi connectivity index (χ3v) is 3.87. The molecule has 0 radical (unpaired) electrons. The van der Waals surface area contributed by atoms with Crippen LogP contribution in [0.3, 0.4) is 0 Å². The zero-order chi connectivity index (χ0) is 16.6. The smallest absolute Gasteiger partial charge is 0.130 e. The number of phenolic OH excluding ortho intramolecular Hbond substituents is 4. The van der Waals surface area contributed by atoms with Gasteiger partial charge < -0.3 is 20.4 Å². The van der Waals surface area contributed by atoms with Crippen LogP contribution in [0, 0.1) is 0 Å². The largest absolute Gasteiger partial charge is 0.507 e. The molecule has 4 heteroatoms. The van der Waals surface area contributed by atoms with Gasteiger partial charge in [0.15, 0.2) is 0 Å². The van der Waals surface area contributed by atoms with Crippen molar-refractivity contribution >= 4 is 0 Å². The molecule has 118 valence electrons. The second kappa shape index (κ2) is 5.79. The lowest BCUT2D eigenvalue weighted by Gasteiger charge is -2.18. The van der Waals surface area contributed by atoms with Gasteiger partial charge in [0.2, 0.25) is 0 Å². The Hall–Kier alpha value is -2.36. The van der Waals surface area contributed by atoms with E-state index in [0.717, 1.165) is 0 Å². The average molecular weight is 302 g/mol. The van der Waals surface area contributed by atoms with Gasteiger partial charge in [-0.15, -0.1) is 0 Å². The summed E-state index contributed by atoms with van der Waals surface area (Å²) in [5.41, 5.74) is 1.40. The Kier molecular flexibility index (Phi) is 4.22. The number of phenols is 4. The Morgan fingerprint density at radius 3 is 1.18 bits per heavy atom. The van der Waals surface area contributed by atoms with Crippen molar-refractivity contribution in [3.63, 3.8) is 0 Å². The van der Waals surface area contributed by atoms with Crippen LogP contribution in [0.25, 0.3) is 11.1 Å². The van der Waals surface area contributed by atoms with Gasteiger partial charge in [-0.25, -0.2) is 0 Å². The molecule has 2 aromatic carbocycles. The highest BCUT2D eigenvalue weighted by Gasteiger charge is 2.23. The maximum absolute atomic E-state index is 10.5. The molecule has 0 amide bonds. The van der Waals surface area contributed by atoms with E-state index in [0.29, 0.717) is 11.1 Å². The summed E-state index contributed by atoms with van der Waals surface area (Å²) in [6.45, 7) is 7.67. The highest BCUT2D eigenvalue weighted by Crippen LogP contribution is 2.50. The topological polar surface area (TPSA) is 80.9 Å². The van der Waals surface area contributed by atoms with Crippen LogP contribution >= 0.6 is 0 Å². The van der Waals surface area contributed by atoms with E-state index in [-0.39, 0.29) is 46.0 Å². The predicted octanol–water partition coefficient (Wildman–Crippen LogP) is 4.42. The average Bonchev–Trinajstić information content (AvgIpc) is 2.41. The van der Waals surface area contributed by atoms with Crippen LogP contribution in [0.5, 0.6) is 23.0 Å². The lowest BCUT2D eigenvalue weighted by molar-refractivity contribution is 0.433. The van der Waals surface area contributed by atoms with E-state index in [1.165, 1.54) is 12.1 Å². The molecule has 0 unspecified atom stereocenters. The van der Waals surface area contributed by atoms with Gasteiger partial charge in [0, 0.05) is 0 Å². The van der Waals surface area contributed by atoms with Crippen molar-refractivity contribution in [3.05, 3.63) is 35.4 Å². The Morgan fingerprint density at radius 1 is 0.591 bits per heavy atom. The lowest BCUT2D eigenvalue weighted by Crippen LogP contribution is -1.94. The molecule has 0 atom stereocenters. The SMILES string of the molecule is CC(C)c1ccc(O)c(-c2c(O)ccc(C(C)C)c2O)c1O. The third-order valence-electron chi connectivity index (χ3n) is 3.87. The number of hydrogen-bond donors (Lipinski definition) is 4. The van der Waals surface area contributed by atoms with E-state index >= 15 is 0 Å². The van der Waals surface area contributed by atoms with Gasteiger partial charge in [0.05, 0.1) is 11.1 Å². The summed E-state index contributed by atoms with van der Waals surface area (Å²) in [5, 5.41) is 41.3. The number of rotatable bonds is 3. The molecule has 0 heterocycles. The zero-order valence-electron chi connectivity index (χ0n) is 13.3. The van der Waals surface area contributed by atoms with Gasteiger partial charge in [-0.2, -0.15) is 0 Å². The van der Waals surface area contributed by atoms with E-state index in [1.807, 2.05) is 27.7 Å². The number of benzene rings is 2. The normalized spacial score (nSPS) is 11.4. The minimum absolute atomic E-state index is 0.0388. The van der Waals surface area contributed by atoms with Crippen LogP contribution in [0.1, 0.15) is 50.7 Å². The minimum Gasteiger partial charge on any atom is -0.507 e. The monoisotopic (exact) mass is 302 g/mol. The van der Waals surface area contributed by atoms with Crippen molar-refractivity contribution in [1.29, 1.82) is 0 Å². The third kappa shape index (κ3) is 2.56. The first kappa shape index (κ1) is 16.0. The van der Waals surface area contributed by atoms with Gasteiger partial charge in [-0.1, -0.05) is 39.8 Å². The Bertz CT molecular complexity index is 641. The van der Waals surface area contributed by atoms with Crippen molar-refractivity contribution < 1.29 is 20.4 Å². The van der Waals surface area contributed by atoms with E-state index in [4.69, 9.17) is 0 Å². The molecule has 0 saturated carbocycles. The van der Waals surface area contributed by atoms with Gasteiger partial charge in [0.1, 0.15) is 23.0 Å². The molecule has 0 aromatic heterocycles. The standard InChI is InChI=1S/C18H22O4/c1-9(2)11-5-7-13(19)15(17(11)21)16-14(20)8-6-12(10(3)4)18(16)22/h5-10,19-22H,1-4H3. The molecule has 0 saturated heterocycles. The molecule has 0 spiro atoms. The summed E-state index contributed by atoms with van der Waals surface area (Å²) in [5.74, 6) is -0.543. The van der Waals surface area contributed by atoms with Crippen molar-refractivity contribution in [3.8, 4) is 34.1 Å². The molecule has 0 aliphatic carbocycles. The van der Waals surface area contributed by atoms with E-state index in [9.17, 15) is 20.4 Å². The fraction of sp³-hybridized carbons (Fsp3) is 0.333. The van der Waals surface area contributed by atoms with Crippen LogP contribution in [-0.4, -0.2) is 20.4 Å². The summed E-state index contributed by atoms with van der Waals surface area (Å²) in [4.78, 5) is 0.